The summed E-state index contributed by atoms with van der Waals surface area (Å²) in [6.07, 6.45) is -2.55. The first-order chi connectivity index (χ1) is 21.7. The molecule has 46 heavy (non-hydrogen) atoms. The summed E-state index contributed by atoms with van der Waals surface area (Å²) in [4.78, 5) is 43.6. The Morgan fingerprint density at radius 3 is 2.15 bits per heavy atom. The summed E-state index contributed by atoms with van der Waals surface area (Å²) in [5.74, 6) is -1.69. The summed E-state index contributed by atoms with van der Waals surface area (Å²) in [6, 6.07) is 19.6. The van der Waals surface area contributed by atoms with Gasteiger partial charge in [-0.05, 0) is 57.2 Å². The van der Waals surface area contributed by atoms with Crippen LogP contribution < -0.4 is 4.90 Å². The van der Waals surface area contributed by atoms with Gasteiger partial charge in [-0.15, -0.1) is 0 Å². The second-order valence-electron chi connectivity index (χ2n) is 13.1. The summed E-state index contributed by atoms with van der Waals surface area (Å²) in [5, 5.41) is 1.89. The van der Waals surface area contributed by atoms with Gasteiger partial charge in [-0.25, -0.2) is 18.8 Å². The fraction of sp³-hybridized carbons (Fsp3) is 0.472. The summed E-state index contributed by atoms with van der Waals surface area (Å²) >= 11 is 0. The molecule has 0 aliphatic carbocycles. The number of fused-ring (bicyclic) bond motifs is 1. The second-order valence-corrected chi connectivity index (χ2v) is 13.1. The lowest BCUT2D eigenvalue weighted by molar-refractivity contribution is -0.172. The number of benzene rings is 3. The Labute approximate surface area is 270 Å². The molecule has 0 N–H and O–H groups in total. The van der Waals surface area contributed by atoms with Crippen molar-refractivity contribution in [1.29, 1.82) is 0 Å². The van der Waals surface area contributed by atoms with Gasteiger partial charge in [0, 0.05) is 44.1 Å². The van der Waals surface area contributed by atoms with E-state index in [9.17, 15) is 18.8 Å². The first kappa shape index (κ1) is 34.7. The maximum absolute atomic E-state index is 15.0. The fourth-order valence-electron chi connectivity index (χ4n) is 5.32. The lowest BCUT2D eigenvalue weighted by Crippen LogP contribution is -2.49. The van der Waals surface area contributed by atoms with E-state index in [1.54, 1.807) is 20.8 Å². The van der Waals surface area contributed by atoms with Gasteiger partial charge < -0.3 is 23.8 Å². The third-order valence-corrected chi connectivity index (χ3v) is 7.59. The topological polar surface area (TPSA) is 94.6 Å². The number of carbonyl (C=O) groups excluding carboxylic acids is 3. The van der Waals surface area contributed by atoms with E-state index in [1.165, 1.54) is 20.9 Å². The highest BCUT2D eigenvalue weighted by atomic mass is 19.1. The largest absolute Gasteiger partial charge is 0.458 e. The van der Waals surface area contributed by atoms with Crippen LogP contribution in [-0.4, -0.2) is 79.7 Å². The molecule has 0 aromatic heterocycles. The maximum Gasteiger partial charge on any atom is 0.410 e. The normalized spacial score (nSPS) is 15.2. The number of ether oxygens (including phenoxy) is 4. The van der Waals surface area contributed by atoms with Crippen molar-refractivity contribution in [3.8, 4) is 0 Å². The first-order valence-electron chi connectivity index (χ1n) is 15.6. The molecule has 3 aromatic carbocycles. The highest BCUT2D eigenvalue weighted by molar-refractivity contribution is 5.97. The second kappa shape index (κ2) is 14.9. The Hall–Kier alpha value is -4.18. The van der Waals surface area contributed by atoms with Crippen LogP contribution in [0.3, 0.4) is 0 Å². The molecule has 248 valence electrons. The number of hydrogen-bond acceptors (Lipinski definition) is 8. The van der Waals surface area contributed by atoms with E-state index in [4.69, 9.17) is 18.9 Å². The number of alkyl halides is 1. The molecule has 0 saturated carbocycles. The zero-order chi connectivity index (χ0) is 33.5. The third-order valence-electron chi connectivity index (χ3n) is 7.59. The molecular weight excluding hydrogens is 591 g/mol. The van der Waals surface area contributed by atoms with Crippen molar-refractivity contribution in [1.82, 2.24) is 4.90 Å². The summed E-state index contributed by atoms with van der Waals surface area (Å²) in [7, 11) is 1.35. The lowest BCUT2D eigenvalue weighted by atomic mass is 9.97. The van der Waals surface area contributed by atoms with Crippen LogP contribution >= 0.6 is 0 Å². The van der Waals surface area contributed by atoms with Crippen LogP contribution in [0.25, 0.3) is 10.8 Å². The van der Waals surface area contributed by atoms with Gasteiger partial charge in [0.1, 0.15) is 23.9 Å². The number of esters is 2. The van der Waals surface area contributed by atoms with Crippen molar-refractivity contribution in [3.05, 3.63) is 77.9 Å². The highest BCUT2D eigenvalue weighted by Gasteiger charge is 2.38. The first-order valence-corrected chi connectivity index (χ1v) is 15.6. The number of nitrogens with zero attached hydrogens (tertiary/aromatic N) is 2. The van der Waals surface area contributed by atoms with Gasteiger partial charge in [-0.1, -0.05) is 60.7 Å². The van der Waals surface area contributed by atoms with E-state index in [2.05, 4.69) is 4.90 Å². The molecule has 1 fully saturated rings. The van der Waals surface area contributed by atoms with Gasteiger partial charge in [-0.3, -0.25) is 4.90 Å². The number of morpholine rings is 1. The van der Waals surface area contributed by atoms with E-state index in [-0.39, 0.29) is 19.4 Å². The molecule has 1 saturated heterocycles. The van der Waals surface area contributed by atoms with Gasteiger partial charge in [0.15, 0.2) is 0 Å². The Morgan fingerprint density at radius 1 is 0.891 bits per heavy atom. The summed E-state index contributed by atoms with van der Waals surface area (Å²) in [5.41, 5.74) is -0.0992. The minimum atomic E-state index is -1.84. The summed E-state index contributed by atoms with van der Waals surface area (Å²) in [6.45, 7) is 10.5. The van der Waals surface area contributed by atoms with Crippen LogP contribution in [0.2, 0.25) is 0 Å². The van der Waals surface area contributed by atoms with Gasteiger partial charge in [0.2, 0.25) is 6.10 Å². The SMILES string of the molecule is CN(C(=O)OC(C)(C)C)[C@@H](CC(C)(C)F)C(=O)OC(Cc1ccc(N2CCOCC2)c2ccccc12)C(=O)OCc1ccccc1. The van der Waals surface area contributed by atoms with Gasteiger partial charge in [0.25, 0.3) is 0 Å². The number of amides is 1. The molecule has 0 spiro atoms. The average Bonchev–Trinajstić information content (AvgIpc) is 3.01. The Balaban J connectivity index is 1.65. The average molecular weight is 637 g/mol. The quantitative estimate of drug-likeness (QED) is 0.180. The van der Waals surface area contributed by atoms with E-state index in [1.807, 2.05) is 66.7 Å². The zero-order valence-corrected chi connectivity index (χ0v) is 27.6. The molecule has 1 unspecified atom stereocenters. The Kier molecular flexibility index (Phi) is 11.3. The standard InChI is InChI=1S/C36H45FN2O7/c1-35(2,3)46-34(42)38(6)30(23-36(4,5)37)32(40)45-31(33(41)44-24-25-12-8-7-9-13-25)22-26-16-17-29(39-18-20-43-21-19-39)28-15-11-10-14-27(26)28/h7-17,30-31H,18-24H2,1-6H3/t30-,31?/m0/s1. The van der Waals surface area contributed by atoms with Crippen LogP contribution in [0, 0.1) is 0 Å². The van der Waals surface area contributed by atoms with Crippen molar-refractivity contribution >= 4 is 34.5 Å². The Morgan fingerprint density at radius 2 is 1.52 bits per heavy atom. The van der Waals surface area contributed by atoms with E-state index in [0.717, 1.165) is 45.6 Å². The van der Waals surface area contributed by atoms with Crippen molar-refractivity contribution in [3.63, 3.8) is 0 Å². The van der Waals surface area contributed by atoms with Crippen LogP contribution in [0.5, 0.6) is 0 Å². The predicted octanol–water partition coefficient (Wildman–Crippen LogP) is 6.25. The number of hydrogen-bond donors (Lipinski definition) is 0. The van der Waals surface area contributed by atoms with Crippen LogP contribution in [0.1, 0.15) is 52.2 Å². The van der Waals surface area contributed by atoms with E-state index < -0.39 is 41.4 Å². The van der Waals surface area contributed by atoms with Crippen molar-refractivity contribution in [2.45, 2.75) is 77.5 Å². The van der Waals surface area contributed by atoms with Crippen LogP contribution in [-0.2, 0) is 41.6 Å². The van der Waals surface area contributed by atoms with Crippen molar-refractivity contribution in [2.24, 2.45) is 0 Å². The minimum Gasteiger partial charge on any atom is -0.458 e. The van der Waals surface area contributed by atoms with Crippen LogP contribution in [0.4, 0.5) is 14.9 Å². The molecular formula is C36H45FN2O7. The zero-order valence-electron chi connectivity index (χ0n) is 27.6. The smallest absolute Gasteiger partial charge is 0.410 e. The molecule has 1 aliphatic rings. The number of rotatable bonds is 11. The molecule has 4 rings (SSSR count). The van der Waals surface area contributed by atoms with Gasteiger partial charge in [-0.2, -0.15) is 0 Å². The highest BCUT2D eigenvalue weighted by Crippen LogP contribution is 2.32. The number of carbonyl (C=O) groups is 3. The maximum atomic E-state index is 15.0. The van der Waals surface area contributed by atoms with Crippen molar-refractivity contribution < 1.29 is 37.7 Å². The molecule has 1 amide bonds. The van der Waals surface area contributed by atoms with E-state index in [0.29, 0.717) is 13.2 Å². The molecule has 1 heterocycles. The molecule has 0 radical (unpaired) electrons. The molecule has 3 aromatic rings. The fourth-order valence-corrected chi connectivity index (χ4v) is 5.32. The lowest BCUT2D eigenvalue weighted by Gasteiger charge is -2.32. The molecule has 9 nitrogen and oxygen atoms in total. The number of anilines is 1. The molecule has 10 heteroatoms. The summed E-state index contributed by atoms with van der Waals surface area (Å²) < 4.78 is 37.5. The Bertz CT molecular complexity index is 1490. The van der Waals surface area contributed by atoms with Gasteiger partial charge >= 0.3 is 18.0 Å². The third kappa shape index (κ3) is 9.66. The molecule has 1 aliphatic heterocycles. The minimum absolute atomic E-state index is 0.00512. The monoisotopic (exact) mass is 636 g/mol. The number of likely N-dealkylation sites (N-methyl/N-ethyl adjacent to an activating group) is 1. The van der Waals surface area contributed by atoms with Gasteiger partial charge in [0.05, 0.1) is 13.2 Å². The number of halogens is 1. The van der Waals surface area contributed by atoms with E-state index >= 15 is 0 Å². The van der Waals surface area contributed by atoms with Crippen molar-refractivity contribution in [2.75, 3.05) is 38.3 Å². The van der Waals surface area contributed by atoms with Crippen LogP contribution in [0.15, 0.2) is 66.7 Å². The molecule has 0 bridgehead atoms. The predicted molar refractivity (Wildman–Crippen MR) is 174 cm³/mol. The molecule has 2 atom stereocenters.